The van der Waals surface area contributed by atoms with Crippen LogP contribution in [0.15, 0.2) is 53.7 Å². The second-order valence-electron chi connectivity index (χ2n) is 7.88. The Hall–Kier alpha value is -2.65. The van der Waals surface area contributed by atoms with E-state index in [4.69, 9.17) is 4.74 Å². The lowest BCUT2D eigenvalue weighted by molar-refractivity contribution is -0.137. The first-order valence-corrected chi connectivity index (χ1v) is 12.0. The summed E-state index contributed by atoms with van der Waals surface area (Å²) in [6.45, 7) is 3.65. The van der Waals surface area contributed by atoms with E-state index in [9.17, 15) is 13.2 Å². The van der Waals surface area contributed by atoms with Crippen LogP contribution in [-0.2, 0) is 14.8 Å². The lowest BCUT2D eigenvalue weighted by Crippen LogP contribution is -2.52. The first kappa shape index (κ1) is 21.6. The minimum absolute atomic E-state index is 0.118. The van der Waals surface area contributed by atoms with Crippen molar-refractivity contribution in [3.05, 3.63) is 48.8 Å². The van der Waals surface area contributed by atoms with Crippen LogP contribution in [-0.4, -0.2) is 74.9 Å². The van der Waals surface area contributed by atoms with Gasteiger partial charge in [-0.3, -0.25) is 9.78 Å². The van der Waals surface area contributed by atoms with E-state index < -0.39 is 10.0 Å². The lowest BCUT2D eigenvalue weighted by Gasteiger charge is -2.39. The number of piperazine rings is 1. The number of amides is 1. The SMILES string of the molecule is COc1ccc(N2CCN(C(=O)C3CCN(S(=O)(=O)c4cccnc4)CC3)CC2)cc1. The summed E-state index contributed by atoms with van der Waals surface area (Å²) in [7, 11) is -1.90. The molecular weight excluding hydrogens is 416 g/mol. The highest BCUT2D eigenvalue weighted by molar-refractivity contribution is 7.89. The number of sulfonamides is 1. The van der Waals surface area contributed by atoms with Crippen LogP contribution in [0.2, 0.25) is 0 Å². The van der Waals surface area contributed by atoms with Gasteiger partial charge in [0.2, 0.25) is 15.9 Å². The monoisotopic (exact) mass is 444 g/mol. The van der Waals surface area contributed by atoms with Crippen LogP contribution in [0.4, 0.5) is 5.69 Å². The summed E-state index contributed by atoms with van der Waals surface area (Å²) in [5.74, 6) is 0.857. The molecule has 4 rings (SSSR count). The molecule has 2 aliphatic heterocycles. The summed E-state index contributed by atoms with van der Waals surface area (Å²) in [6, 6.07) is 11.1. The molecule has 2 aromatic rings. The van der Waals surface area contributed by atoms with Gasteiger partial charge in [-0.2, -0.15) is 4.31 Å². The van der Waals surface area contributed by atoms with Gasteiger partial charge in [0.05, 0.1) is 7.11 Å². The molecule has 1 amide bonds. The standard InChI is InChI=1S/C22H28N4O4S/c1-30-20-6-4-19(5-7-20)24-13-15-25(16-14-24)22(27)18-8-11-26(12-9-18)31(28,29)21-3-2-10-23-17-21/h2-7,10,17-18H,8-9,11-16H2,1H3. The number of aromatic nitrogens is 1. The average molecular weight is 445 g/mol. The van der Waals surface area contributed by atoms with Crippen LogP contribution in [0.1, 0.15) is 12.8 Å². The van der Waals surface area contributed by atoms with Crippen LogP contribution < -0.4 is 9.64 Å². The summed E-state index contributed by atoms with van der Waals surface area (Å²) in [4.78, 5) is 21.3. The highest BCUT2D eigenvalue weighted by Gasteiger charge is 2.34. The zero-order chi connectivity index (χ0) is 21.8. The number of hydrogen-bond donors (Lipinski definition) is 0. The molecule has 2 fully saturated rings. The molecule has 0 unspecified atom stereocenters. The second kappa shape index (κ2) is 9.23. The fraction of sp³-hybridized carbons (Fsp3) is 0.455. The number of hydrogen-bond acceptors (Lipinski definition) is 6. The zero-order valence-corrected chi connectivity index (χ0v) is 18.5. The van der Waals surface area contributed by atoms with Gasteiger partial charge >= 0.3 is 0 Å². The number of nitrogens with zero attached hydrogens (tertiary/aromatic N) is 4. The van der Waals surface area contributed by atoms with Gasteiger partial charge in [0.15, 0.2) is 0 Å². The molecule has 9 heteroatoms. The van der Waals surface area contributed by atoms with E-state index in [0.717, 1.165) is 24.5 Å². The molecule has 0 saturated carbocycles. The second-order valence-corrected chi connectivity index (χ2v) is 9.82. The van der Waals surface area contributed by atoms with Crippen LogP contribution in [0, 0.1) is 5.92 Å². The number of ether oxygens (including phenoxy) is 1. The van der Waals surface area contributed by atoms with Gasteiger partial charge in [0.25, 0.3) is 0 Å². The van der Waals surface area contributed by atoms with Crippen LogP contribution in [0.25, 0.3) is 0 Å². The maximum Gasteiger partial charge on any atom is 0.244 e. The number of carbonyl (C=O) groups excluding carboxylic acids is 1. The Morgan fingerprint density at radius 3 is 2.26 bits per heavy atom. The first-order chi connectivity index (χ1) is 15.0. The Bertz CT molecular complexity index is 982. The summed E-state index contributed by atoms with van der Waals surface area (Å²) in [6.07, 6.45) is 4.03. The van der Waals surface area contributed by atoms with Crippen molar-refractivity contribution in [3.63, 3.8) is 0 Å². The molecule has 3 heterocycles. The molecular formula is C22H28N4O4S. The van der Waals surface area contributed by atoms with E-state index in [0.29, 0.717) is 39.0 Å². The maximum atomic E-state index is 13.0. The fourth-order valence-electron chi connectivity index (χ4n) is 4.23. The third-order valence-electron chi connectivity index (χ3n) is 6.10. The first-order valence-electron chi connectivity index (χ1n) is 10.6. The van der Waals surface area contributed by atoms with E-state index in [1.165, 1.54) is 10.5 Å². The topological polar surface area (TPSA) is 83.0 Å². The molecule has 0 N–H and O–H groups in total. The third-order valence-corrected chi connectivity index (χ3v) is 7.99. The molecule has 1 aromatic heterocycles. The number of pyridine rings is 1. The maximum absolute atomic E-state index is 13.0. The number of piperidine rings is 1. The van der Waals surface area contributed by atoms with Crippen molar-refractivity contribution in [2.24, 2.45) is 5.92 Å². The van der Waals surface area contributed by atoms with Crippen molar-refractivity contribution >= 4 is 21.6 Å². The molecule has 0 bridgehead atoms. The number of benzene rings is 1. The largest absolute Gasteiger partial charge is 0.497 e. The number of methoxy groups -OCH3 is 1. The quantitative estimate of drug-likeness (QED) is 0.700. The van der Waals surface area contributed by atoms with Crippen LogP contribution >= 0.6 is 0 Å². The van der Waals surface area contributed by atoms with E-state index in [1.54, 1.807) is 25.4 Å². The van der Waals surface area contributed by atoms with Gasteiger partial charge < -0.3 is 14.5 Å². The summed E-state index contributed by atoms with van der Waals surface area (Å²) in [5, 5.41) is 0. The Labute approximate surface area is 183 Å². The van der Waals surface area contributed by atoms with Gasteiger partial charge in [0.1, 0.15) is 10.6 Å². The highest BCUT2D eigenvalue weighted by atomic mass is 32.2. The van der Waals surface area contributed by atoms with Gasteiger partial charge in [0, 0.05) is 63.3 Å². The summed E-state index contributed by atoms with van der Waals surface area (Å²) < 4.78 is 32.2. The van der Waals surface area contributed by atoms with E-state index in [-0.39, 0.29) is 16.7 Å². The molecule has 0 aliphatic carbocycles. The van der Waals surface area contributed by atoms with Gasteiger partial charge in [-0.05, 0) is 49.2 Å². The lowest BCUT2D eigenvalue weighted by atomic mass is 9.96. The van der Waals surface area contributed by atoms with E-state index >= 15 is 0 Å². The molecule has 31 heavy (non-hydrogen) atoms. The van der Waals surface area contributed by atoms with Crippen LogP contribution in [0.5, 0.6) is 5.75 Å². The predicted octanol–water partition coefficient (Wildman–Crippen LogP) is 1.84. The molecule has 0 radical (unpaired) electrons. The normalized spacial score (nSPS) is 18.7. The van der Waals surface area contributed by atoms with Crippen molar-refractivity contribution in [1.82, 2.24) is 14.2 Å². The summed E-state index contributed by atoms with van der Waals surface area (Å²) >= 11 is 0. The average Bonchev–Trinajstić information content (AvgIpc) is 2.84. The Morgan fingerprint density at radius 2 is 1.68 bits per heavy atom. The van der Waals surface area contributed by atoms with Gasteiger partial charge in [-0.1, -0.05) is 0 Å². The number of rotatable bonds is 5. The van der Waals surface area contributed by atoms with Crippen LogP contribution in [0.3, 0.4) is 0 Å². The van der Waals surface area contributed by atoms with Gasteiger partial charge in [-0.15, -0.1) is 0 Å². The predicted molar refractivity (Wildman–Crippen MR) is 118 cm³/mol. The molecule has 0 atom stereocenters. The minimum Gasteiger partial charge on any atom is -0.497 e. The molecule has 1 aromatic carbocycles. The molecule has 2 saturated heterocycles. The fourth-order valence-corrected chi connectivity index (χ4v) is 5.66. The van der Waals surface area contributed by atoms with Crippen molar-refractivity contribution in [3.8, 4) is 5.75 Å². The molecule has 2 aliphatic rings. The highest BCUT2D eigenvalue weighted by Crippen LogP contribution is 2.26. The minimum atomic E-state index is -3.55. The number of anilines is 1. The van der Waals surface area contributed by atoms with Gasteiger partial charge in [-0.25, -0.2) is 8.42 Å². The Morgan fingerprint density at radius 1 is 1.00 bits per heavy atom. The third kappa shape index (κ3) is 4.67. The number of carbonyl (C=O) groups is 1. The molecule has 0 spiro atoms. The Kier molecular flexibility index (Phi) is 6.43. The van der Waals surface area contributed by atoms with E-state index in [1.807, 2.05) is 29.2 Å². The van der Waals surface area contributed by atoms with Crippen molar-refractivity contribution in [2.75, 3.05) is 51.3 Å². The molecule has 166 valence electrons. The zero-order valence-electron chi connectivity index (χ0n) is 17.7. The van der Waals surface area contributed by atoms with Crippen molar-refractivity contribution < 1.29 is 17.9 Å². The summed E-state index contributed by atoms with van der Waals surface area (Å²) in [5.41, 5.74) is 1.13. The van der Waals surface area contributed by atoms with Crippen molar-refractivity contribution in [2.45, 2.75) is 17.7 Å². The van der Waals surface area contributed by atoms with Crippen molar-refractivity contribution in [1.29, 1.82) is 0 Å². The van der Waals surface area contributed by atoms with E-state index in [2.05, 4.69) is 9.88 Å². The molecule has 8 nitrogen and oxygen atoms in total. The smallest absolute Gasteiger partial charge is 0.244 e. The Balaban J connectivity index is 1.29.